The topological polar surface area (TPSA) is 98.5 Å². The van der Waals surface area contributed by atoms with E-state index in [1.54, 1.807) is 18.2 Å². The Morgan fingerprint density at radius 3 is 2.59 bits per heavy atom. The predicted molar refractivity (Wildman–Crippen MR) is 147 cm³/mol. The number of nitrogens with one attached hydrogen (secondary N) is 1. The van der Waals surface area contributed by atoms with Gasteiger partial charge in [0.05, 0.1) is 18.5 Å². The van der Waals surface area contributed by atoms with Crippen LogP contribution in [-0.2, 0) is 11.3 Å². The quantitative estimate of drug-likeness (QED) is 0.416. The summed E-state index contributed by atoms with van der Waals surface area (Å²) in [5.74, 6) is 0.0935. The number of carbonyl (C=O) groups excluding carboxylic acids is 1. The van der Waals surface area contributed by atoms with E-state index in [9.17, 15) is 14.4 Å². The molecule has 1 aliphatic rings. The predicted octanol–water partition coefficient (Wildman–Crippen LogP) is 3.78. The first-order valence-corrected chi connectivity index (χ1v) is 13.0. The number of hydrogen-bond acceptors (Lipinski definition) is 7. The molecule has 10 heteroatoms. The molecule has 3 heterocycles. The fourth-order valence-electron chi connectivity index (χ4n) is 4.65. The van der Waals surface area contributed by atoms with Crippen molar-refractivity contribution in [1.29, 1.82) is 0 Å². The number of hydrogen-bond donors (Lipinski definition) is 1. The Morgan fingerprint density at radius 2 is 1.86 bits per heavy atom. The zero-order valence-corrected chi connectivity index (χ0v) is 22.1. The lowest BCUT2D eigenvalue weighted by molar-refractivity contribution is -0.116. The smallest absolute Gasteiger partial charge is 0.337 e. The first-order valence-electron chi connectivity index (χ1n) is 12.2. The molecule has 0 spiro atoms. The van der Waals surface area contributed by atoms with E-state index in [4.69, 9.17) is 4.74 Å². The van der Waals surface area contributed by atoms with Gasteiger partial charge in [0.25, 0.3) is 5.56 Å². The normalized spacial score (nSPS) is 13.4. The summed E-state index contributed by atoms with van der Waals surface area (Å²) in [6.45, 7) is 7.12. The van der Waals surface area contributed by atoms with Gasteiger partial charge in [0.1, 0.15) is 17.0 Å². The molecule has 2 aromatic carbocycles. The van der Waals surface area contributed by atoms with Crippen molar-refractivity contribution < 1.29 is 9.53 Å². The van der Waals surface area contributed by atoms with Crippen molar-refractivity contribution in [3.63, 3.8) is 0 Å². The van der Waals surface area contributed by atoms with Gasteiger partial charge in [-0.05, 0) is 68.5 Å². The minimum atomic E-state index is -0.601. The van der Waals surface area contributed by atoms with E-state index >= 15 is 0 Å². The number of ether oxygens (including phenoxy) is 1. The van der Waals surface area contributed by atoms with Gasteiger partial charge in [-0.15, -0.1) is 0 Å². The van der Waals surface area contributed by atoms with E-state index < -0.39 is 17.2 Å². The van der Waals surface area contributed by atoms with Crippen molar-refractivity contribution in [2.75, 3.05) is 30.4 Å². The molecule has 1 amide bonds. The first kappa shape index (κ1) is 24.8. The average Bonchev–Trinajstić information content (AvgIpc) is 3.55. The van der Waals surface area contributed by atoms with Gasteiger partial charge in [-0.1, -0.05) is 29.5 Å². The number of anilines is 2. The monoisotopic (exact) mass is 519 g/mol. The summed E-state index contributed by atoms with van der Waals surface area (Å²) in [5, 5.41) is 3.54. The molecule has 1 aliphatic heterocycles. The zero-order valence-electron chi connectivity index (χ0n) is 21.3. The molecule has 5 rings (SSSR count). The minimum absolute atomic E-state index is 0.231. The van der Waals surface area contributed by atoms with Gasteiger partial charge in [-0.3, -0.25) is 14.2 Å². The molecule has 0 radical (unpaired) electrons. The van der Waals surface area contributed by atoms with Crippen LogP contribution in [0.2, 0.25) is 0 Å². The van der Waals surface area contributed by atoms with Crippen LogP contribution in [0.1, 0.15) is 29.5 Å². The van der Waals surface area contributed by atoms with E-state index in [1.165, 1.54) is 23.0 Å². The lowest BCUT2D eigenvalue weighted by Crippen LogP contribution is -2.41. The van der Waals surface area contributed by atoms with Crippen molar-refractivity contribution >= 4 is 38.4 Å². The van der Waals surface area contributed by atoms with Crippen molar-refractivity contribution in [1.82, 2.24) is 14.1 Å². The molecule has 1 saturated heterocycles. The number of nitrogens with zero attached hydrogens (tertiary/aromatic N) is 4. The molecular weight excluding hydrogens is 490 g/mol. The van der Waals surface area contributed by atoms with Gasteiger partial charge in [-0.25, -0.2) is 14.3 Å². The second kappa shape index (κ2) is 9.85. The molecule has 0 aliphatic carbocycles. The molecule has 9 nitrogen and oxygen atoms in total. The third kappa shape index (κ3) is 4.53. The number of thiazole rings is 1. The first-order chi connectivity index (χ1) is 17.8. The van der Waals surface area contributed by atoms with E-state index in [2.05, 4.69) is 15.2 Å². The molecule has 0 atom stereocenters. The van der Waals surface area contributed by atoms with E-state index in [-0.39, 0.29) is 12.2 Å². The fourth-order valence-corrected chi connectivity index (χ4v) is 5.70. The summed E-state index contributed by atoms with van der Waals surface area (Å²) in [6.07, 6.45) is 2.10. The number of aromatic nitrogens is 3. The lowest BCUT2D eigenvalue weighted by atomic mass is 10.1. The number of amides is 1. The van der Waals surface area contributed by atoms with Gasteiger partial charge >= 0.3 is 5.69 Å². The Kier molecular flexibility index (Phi) is 6.59. The van der Waals surface area contributed by atoms with Crippen molar-refractivity contribution in [3.05, 3.63) is 73.9 Å². The Bertz CT molecular complexity index is 1630. The zero-order chi connectivity index (χ0) is 26.3. The molecule has 37 heavy (non-hydrogen) atoms. The third-order valence-electron chi connectivity index (χ3n) is 6.80. The Balaban J connectivity index is 1.66. The number of fused-ring (bicyclic) bond motifs is 1. The van der Waals surface area contributed by atoms with E-state index in [1.807, 2.05) is 39.0 Å². The van der Waals surface area contributed by atoms with Crippen LogP contribution in [0.4, 0.5) is 10.8 Å². The molecule has 0 unspecified atom stereocenters. The molecule has 4 aromatic rings. The second-order valence-electron chi connectivity index (χ2n) is 9.32. The summed E-state index contributed by atoms with van der Waals surface area (Å²) in [5.41, 5.74) is 2.96. The van der Waals surface area contributed by atoms with Crippen molar-refractivity contribution in [2.24, 2.45) is 0 Å². The second-order valence-corrected chi connectivity index (χ2v) is 10.3. The third-order valence-corrected chi connectivity index (χ3v) is 7.89. The SMILES string of the molecule is COc1ccc(C)cc1NC(=O)Cn1c(=O)n(-c2cccc(C)c2C)c(=O)c2sc(N3CCCC3)nc21. The maximum Gasteiger partial charge on any atom is 0.337 e. The number of methoxy groups -OCH3 is 1. The highest BCUT2D eigenvalue weighted by Crippen LogP contribution is 2.29. The highest BCUT2D eigenvalue weighted by atomic mass is 32.1. The van der Waals surface area contributed by atoms with Gasteiger partial charge in [0.15, 0.2) is 10.8 Å². The van der Waals surface area contributed by atoms with Crippen LogP contribution in [0.3, 0.4) is 0 Å². The van der Waals surface area contributed by atoms with Crippen LogP contribution in [0.5, 0.6) is 5.75 Å². The van der Waals surface area contributed by atoms with Crippen LogP contribution < -0.4 is 26.2 Å². The van der Waals surface area contributed by atoms with Crippen LogP contribution in [0, 0.1) is 20.8 Å². The molecule has 1 N–H and O–H groups in total. The number of carbonyl (C=O) groups is 1. The van der Waals surface area contributed by atoms with Crippen molar-refractivity contribution in [3.8, 4) is 11.4 Å². The fraction of sp³-hybridized carbons (Fsp3) is 0.333. The highest BCUT2D eigenvalue weighted by Gasteiger charge is 2.24. The summed E-state index contributed by atoms with van der Waals surface area (Å²) in [4.78, 5) is 47.5. The van der Waals surface area contributed by atoms with Gasteiger partial charge in [-0.2, -0.15) is 0 Å². The molecule has 1 fully saturated rings. The standard InChI is InChI=1S/C27H29N5O4S/c1-16-10-11-21(36-4)19(14-16)28-22(33)15-31-24-23(37-26(29-24)30-12-5-6-13-30)25(34)32(27(31)35)20-9-7-8-17(2)18(20)3/h7-11,14H,5-6,12-13,15H2,1-4H3,(H,28,33). The molecule has 0 saturated carbocycles. The maximum atomic E-state index is 13.8. The van der Waals surface area contributed by atoms with Crippen LogP contribution in [0.15, 0.2) is 46.0 Å². The van der Waals surface area contributed by atoms with E-state index in [0.717, 1.165) is 47.2 Å². The molecule has 0 bridgehead atoms. The van der Waals surface area contributed by atoms with Gasteiger partial charge in [0, 0.05) is 13.1 Å². The van der Waals surface area contributed by atoms with Gasteiger partial charge < -0.3 is 15.0 Å². The summed E-state index contributed by atoms with van der Waals surface area (Å²) in [6, 6.07) is 11.0. The van der Waals surface area contributed by atoms with Crippen LogP contribution in [-0.4, -0.2) is 40.2 Å². The van der Waals surface area contributed by atoms with E-state index in [0.29, 0.717) is 27.0 Å². The number of rotatable bonds is 6. The molecule has 2 aromatic heterocycles. The summed E-state index contributed by atoms with van der Waals surface area (Å²) < 4.78 is 8.19. The summed E-state index contributed by atoms with van der Waals surface area (Å²) >= 11 is 1.27. The largest absolute Gasteiger partial charge is 0.495 e. The lowest BCUT2D eigenvalue weighted by Gasteiger charge is -2.15. The maximum absolute atomic E-state index is 13.8. The molecule has 192 valence electrons. The van der Waals surface area contributed by atoms with Gasteiger partial charge in [0.2, 0.25) is 5.91 Å². The van der Waals surface area contributed by atoms with Crippen LogP contribution >= 0.6 is 11.3 Å². The Morgan fingerprint density at radius 1 is 1.11 bits per heavy atom. The van der Waals surface area contributed by atoms with Crippen molar-refractivity contribution in [2.45, 2.75) is 40.2 Å². The highest BCUT2D eigenvalue weighted by molar-refractivity contribution is 7.22. The molecular formula is C27H29N5O4S. The van der Waals surface area contributed by atoms with Crippen LogP contribution in [0.25, 0.3) is 16.0 Å². The minimum Gasteiger partial charge on any atom is -0.495 e. The summed E-state index contributed by atoms with van der Waals surface area (Å²) in [7, 11) is 1.53. The number of benzene rings is 2. The number of aryl methyl sites for hydroxylation is 2. The Hall–Kier alpha value is -3.92. The Labute approximate surface area is 217 Å². The average molecular weight is 520 g/mol.